The van der Waals surface area contributed by atoms with Crippen molar-refractivity contribution in [1.29, 1.82) is 0 Å². The molecule has 0 amide bonds. The lowest BCUT2D eigenvalue weighted by molar-refractivity contribution is 0.233. The van der Waals surface area contributed by atoms with Crippen LogP contribution in [0.25, 0.3) is 11.8 Å². The third-order valence-corrected chi connectivity index (χ3v) is 2.66. The molecule has 2 rings (SSSR count). The topological polar surface area (TPSA) is 21.8 Å². The van der Waals surface area contributed by atoms with E-state index in [1.54, 1.807) is 0 Å². The third kappa shape index (κ3) is 3.21. The molecule has 1 saturated heterocycles. The quantitative estimate of drug-likeness (QED) is 0.570. The van der Waals surface area contributed by atoms with Gasteiger partial charge in [-0.15, -0.1) is 0 Å². The molecule has 0 spiro atoms. The lowest BCUT2D eigenvalue weighted by atomic mass is 10.1. The van der Waals surface area contributed by atoms with Gasteiger partial charge in [-0.3, -0.25) is 0 Å². The second kappa shape index (κ2) is 5.69. The zero-order valence-corrected chi connectivity index (χ0v) is 10.3. The second-order valence-electron chi connectivity index (χ2n) is 4.01. The van der Waals surface area contributed by atoms with Crippen molar-refractivity contribution in [3.8, 4) is 0 Å². The zero-order chi connectivity index (χ0) is 12.1. The molecule has 0 bridgehead atoms. The maximum atomic E-state index is 5.79. The minimum absolute atomic E-state index is 0.291. The largest absolute Gasteiger partial charge is 0.490 e. The molecular formula is C15H18O2. The number of benzene rings is 1. The Balaban J connectivity index is 2.16. The van der Waals surface area contributed by atoms with Gasteiger partial charge in [0, 0.05) is 5.56 Å². The molecule has 90 valence electrons. The van der Waals surface area contributed by atoms with E-state index in [0.29, 0.717) is 12.7 Å². The maximum absolute atomic E-state index is 5.79. The molecule has 1 unspecified atom stereocenters. The van der Waals surface area contributed by atoms with E-state index in [0.717, 1.165) is 17.9 Å². The summed E-state index contributed by atoms with van der Waals surface area (Å²) in [7, 11) is 0. The Morgan fingerprint density at radius 3 is 2.82 bits per heavy atom. The third-order valence-electron chi connectivity index (χ3n) is 2.66. The summed E-state index contributed by atoms with van der Waals surface area (Å²) in [5.41, 5.74) is 2.31. The summed E-state index contributed by atoms with van der Waals surface area (Å²) in [4.78, 5) is 0. The van der Waals surface area contributed by atoms with Crippen LogP contribution in [0.2, 0.25) is 0 Å². The van der Waals surface area contributed by atoms with E-state index in [1.165, 1.54) is 5.56 Å². The van der Waals surface area contributed by atoms with Gasteiger partial charge in [0.1, 0.15) is 18.5 Å². The highest BCUT2D eigenvalue weighted by Crippen LogP contribution is 2.23. The fraction of sp³-hybridized carbons (Fsp3) is 0.333. The van der Waals surface area contributed by atoms with Crippen molar-refractivity contribution in [3.05, 3.63) is 47.5 Å². The molecule has 1 aromatic rings. The molecule has 0 radical (unpaired) electrons. The van der Waals surface area contributed by atoms with E-state index >= 15 is 0 Å². The van der Waals surface area contributed by atoms with Gasteiger partial charge in [-0.2, -0.15) is 0 Å². The maximum Gasteiger partial charge on any atom is 0.123 e. The van der Waals surface area contributed by atoms with E-state index in [9.17, 15) is 0 Å². The molecule has 1 aliphatic heterocycles. The lowest BCUT2D eigenvalue weighted by Gasteiger charge is -2.11. The van der Waals surface area contributed by atoms with Crippen LogP contribution >= 0.6 is 0 Å². The summed E-state index contributed by atoms with van der Waals surface area (Å²) < 4.78 is 10.9. The van der Waals surface area contributed by atoms with Gasteiger partial charge in [-0.1, -0.05) is 36.4 Å². The van der Waals surface area contributed by atoms with E-state index in [-0.39, 0.29) is 0 Å². The normalized spacial score (nSPS) is 19.6. The standard InChI is InChI=1S/C15H18O2/c1-3-7-12-8-5-6-9-14(12)15(4-2)17-11-13-10-16-13/h3-9,13H,10-11H2,1-2H3/b7-3-,15-4+. The number of allylic oxidation sites excluding steroid dienone is 2. The molecule has 17 heavy (non-hydrogen) atoms. The molecule has 1 aliphatic rings. The van der Waals surface area contributed by atoms with E-state index in [4.69, 9.17) is 9.47 Å². The monoisotopic (exact) mass is 230 g/mol. The molecule has 0 N–H and O–H groups in total. The molecule has 0 aromatic heterocycles. The Morgan fingerprint density at radius 1 is 1.41 bits per heavy atom. The summed E-state index contributed by atoms with van der Waals surface area (Å²) >= 11 is 0. The van der Waals surface area contributed by atoms with Crippen LogP contribution in [0.1, 0.15) is 25.0 Å². The predicted octanol–water partition coefficient (Wildman–Crippen LogP) is 3.50. The Hall–Kier alpha value is -1.54. The van der Waals surface area contributed by atoms with Crippen LogP contribution in [0.3, 0.4) is 0 Å². The Morgan fingerprint density at radius 2 is 2.18 bits per heavy atom. The number of hydrogen-bond donors (Lipinski definition) is 0. The minimum atomic E-state index is 0.291. The molecule has 1 aromatic carbocycles. The van der Waals surface area contributed by atoms with Crippen LogP contribution in [-0.4, -0.2) is 19.3 Å². The van der Waals surface area contributed by atoms with Gasteiger partial charge < -0.3 is 9.47 Å². The van der Waals surface area contributed by atoms with Crippen molar-refractivity contribution in [2.45, 2.75) is 20.0 Å². The summed E-state index contributed by atoms with van der Waals surface area (Å²) in [6.07, 6.45) is 6.43. The number of ether oxygens (including phenoxy) is 2. The first kappa shape index (κ1) is 11.9. The molecule has 1 atom stereocenters. The highest BCUT2D eigenvalue weighted by Gasteiger charge is 2.23. The van der Waals surface area contributed by atoms with Crippen molar-refractivity contribution < 1.29 is 9.47 Å². The van der Waals surface area contributed by atoms with Crippen LogP contribution in [0.15, 0.2) is 36.4 Å². The highest BCUT2D eigenvalue weighted by atomic mass is 16.6. The molecule has 1 fully saturated rings. The van der Waals surface area contributed by atoms with Crippen molar-refractivity contribution in [2.24, 2.45) is 0 Å². The first-order valence-corrected chi connectivity index (χ1v) is 5.98. The van der Waals surface area contributed by atoms with Crippen molar-refractivity contribution >= 4 is 11.8 Å². The summed E-state index contributed by atoms with van der Waals surface area (Å²) in [5.74, 6) is 0.925. The van der Waals surface area contributed by atoms with Crippen LogP contribution in [-0.2, 0) is 9.47 Å². The average Bonchev–Trinajstić information content (AvgIpc) is 3.16. The van der Waals surface area contributed by atoms with Gasteiger partial charge in [0.25, 0.3) is 0 Å². The molecule has 0 saturated carbocycles. The van der Waals surface area contributed by atoms with Crippen molar-refractivity contribution in [3.63, 3.8) is 0 Å². The molecule has 0 aliphatic carbocycles. The van der Waals surface area contributed by atoms with Gasteiger partial charge in [0.15, 0.2) is 0 Å². The second-order valence-corrected chi connectivity index (χ2v) is 4.01. The van der Waals surface area contributed by atoms with Crippen LogP contribution in [0, 0.1) is 0 Å². The fourth-order valence-electron chi connectivity index (χ4n) is 1.71. The smallest absolute Gasteiger partial charge is 0.123 e. The van der Waals surface area contributed by atoms with Crippen LogP contribution in [0.4, 0.5) is 0 Å². The van der Waals surface area contributed by atoms with Gasteiger partial charge in [0.05, 0.1) is 6.61 Å². The number of rotatable bonds is 5. The predicted molar refractivity (Wildman–Crippen MR) is 70.5 cm³/mol. The van der Waals surface area contributed by atoms with E-state index in [2.05, 4.69) is 18.2 Å². The first-order valence-electron chi connectivity index (χ1n) is 5.98. The van der Waals surface area contributed by atoms with Crippen molar-refractivity contribution in [1.82, 2.24) is 0 Å². The Bertz CT molecular complexity index is 428. The molecular weight excluding hydrogens is 212 g/mol. The number of hydrogen-bond acceptors (Lipinski definition) is 2. The van der Waals surface area contributed by atoms with Gasteiger partial charge in [-0.25, -0.2) is 0 Å². The molecule has 1 heterocycles. The zero-order valence-electron chi connectivity index (χ0n) is 10.3. The molecule has 2 nitrogen and oxygen atoms in total. The Labute approximate surface area is 103 Å². The van der Waals surface area contributed by atoms with Gasteiger partial charge in [-0.05, 0) is 25.5 Å². The summed E-state index contributed by atoms with van der Waals surface area (Å²) in [6, 6.07) is 8.24. The highest BCUT2D eigenvalue weighted by molar-refractivity contribution is 5.70. The lowest BCUT2D eigenvalue weighted by Crippen LogP contribution is -2.01. The van der Waals surface area contributed by atoms with E-state index < -0.39 is 0 Å². The molecule has 2 heteroatoms. The average molecular weight is 230 g/mol. The fourth-order valence-corrected chi connectivity index (χ4v) is 1.71. The minimum Gasteiger partial charge on any atom is -0.490 e. The Kier molecular flexibility index (Phi) is 3.99. The number of epoxide rings is 1. The summed E-state index contributed by atoms with van der Waals surface area (Å²) in [5, 5.41) is 0. The van der Waals surface area contributed by atoms with Gasteiger partial charge >= 0.3 is 0 Å². The summed E-state index contributed by atoms with van der Waals surface area (Å²) in [6.45, 7) is 5.48. The van der Waals surface area contributed by atoms with Crippen LogP contribution < -0.4 is 0 Å². The van der Waals surface area contributed by atoms with Gasteiger partial charge in [0.2, 0.25) is 0 Å². The van der Waals surface area contributed by atoms with E-state index in [1.807, 2.05) is 38.1 Å². The first-order chi connectivity index (χ1) is 8.35. The van der Waals surface area contributed by atoms with Crippen molar-refractivity contribution in [2.75, 3.05) is 13.2 Å². The van der Waals surface area contributed by atoms with Crippen LogP contribution in [0.5, 0.6) is 0 Å². The SMILES string of the molecule is C/C=C\c1ccccc1/C(=C\C)OCC1CO1.